The Labute approximate surface area is 339 Å². The Hall–Kier alpha value is -3.98. The third-order valence-corrected chi connectivity index (χ3v) is 8.86. The largest absolute Gasteiger partial charge is 0.480 e. The standard InChI is InChI=1S/C47H76N2O7/c1-3-5-7-9-11-13-14-15-16-17-18-19-20-21-22-23-24-25-27-29-35-39-46(53)56-42(36-32-28-26-12-10-8-6-4-2)37-33-30-31-34-38-44(51)48-40-45(52)49-43(41-50)47(54)55/h5,7,11,13,15-16,18-19,21-22,24-25,32,36,42-43,50H,3-4,6,8-10,12,14,17,20,23,26-31,33-35,37-41H2,1-2H3,(H,48,51)(H,49,52)(H,54,55)/b7-5-,13-11-,16-15-,19-18-,22-21-,25-24-,36-32-. The molecule has 0 aromatic carbocycles. The van der Waals surface area contributed by atoms with E-state index in [1.165, 1.54) is 32.1 Å². The van der Waals surface area contributed by atoms with Crippen LogP contribution in [-0.4, -0.2) is 59.3 Å². The van der Waals surface area contributed by atoms with Crippen molar-refractivity contribution in [2.45, 2.75) is 174 Å². The van der Waals surface area contributed by atoms with Crippen molar-refractivity contribution in [1.82, 2.24) is 10.6 Å². The number of amides is 2. The van der Waals surface area contributed by atoms with E-state index in [9.17, 15) is 19.2 Å². The van der Waals surface area contributed by atoms with E-state index in [2.05, 4.69) is 103 Å². The minimum atomic E-state index is -1.40. The molecule has 0 spiro atoms. The minimum absolute atomic E-state index is 0.156. The van der Waals surface area contributed by atoms with Crippen LogP contribution in [0.25, 0.3) is 0 Å². The van der Waals surface area contributed by atoms with Crippen molar-refractivity contribution < 1.29 is 34.1 Å². The summed E-state index contributed by atoms with van der Waals surface area (Å²) in [6.07, 6.45) is 52.0. The predicted molar refractivity (Wildman–Crippen MR) is 231 cm³/mol. The summed E-state index contributed by atoms with van der Waals surface area (Å²) in [6.45, 7) is 3.30. The molecule has 9 nitrogen and oxygen atoms in total. The number of aliphatic carboxylic acids is 1. The molecule has 0 aliphatic rings. The summed E-state index contributed by atoms with van der Waals surface area (Å²) in [5.74, 6) is -2.46. The van der Waals surface area contributed by atoms with Gasteiger partial charge in [0, 0.05) is 12.8 Å². The normalized spacial score (nSPS) is 13.3. The van der Waals surface area contributed by atoms with Gasteiger partial charge in [-0.3, -0.25) is 14.4 Å². The second-order valence-electron chi connectivity index (χ2n) is 14.0. The number of esters is 1. The van der Waals surface area contributed by atoms with Gasteiger partial charge >= 0.3 is 11.9 Å². The zero-order valence-electron chi connectivity index (χ0n) is 34.9. The lowest BCUT2D eigenvalue weighted by Crippen LogP contribution is -2.47. The molecule has 2 unspecified atom stereocenters. The first-order chi connectivity index (χ1) is 27.3. The number of rotatable bonds is 37. The van der Waals surface area contributed by atoms with Crippen LogP contribution in [0.4, 0.5) is 0 Å². The number of carboxylic acid groups (broad SMARTS) is 1. The van der Waals surface area contributed by atoms with Crippen molar-refractivity contribution in [1.29, 1.82) is 0 Å². The number of carbonyl (C=O) groups excluding carboxylic acids is 3. The van der Waals surface area contributed by atoms with Crippen LogP contribution in [0.2, 0.25) is 0 Å². The number of hydrogen-bond acceptors (Lipinski definition) is 6. The number of allylic oxidation sites excluding steroid dienone is 13. The number of aliphatic hydroxyl groups is 1. The van der Waals surface area contributed by atoms with E-state index in [4.69, 9.17) is 14.9 Å². The lowest BCUT2D eigenvalue weighted by atomic mass is 10.1. The van der Waals surface area contributed by atoms with Gasteiger partial charge in [-0.25, -0.2) is 4.79 Å². The summed E-state index contributed by atoms with van der Waals surface area (Å²) in [6, 6.07) is -1.40. The highest BCUT2D eigenvalue weighted by Crippen LogP contribution is 2.14. The molecular formula is C47H76N2O7. The molecule has 0 saturated heterocycles. The third-order valence-electron chi connectivity index (χ3n) is 8.86. The quantitative estimate of drug-likeness (QED) is 0.0279. The Morgan fingerprint density at radius 2 is 1.07 bits per heavy atom. The fourth-order valence-electron chi connectivity index (χ4n) is 5.57. The molecule has 0 saturated carbocycles. The summed E-state index contributed by atoms with van der Waals surface area (Å²) >= 11 is 0. The molecule has 2 amide bonds. The number of nitrogens with one attached hydrogen (secondary N) is 2. The van der Waals surface area contributed by atoms with Crippen molar-refractivity contribution in [2.75, 3.05) is 13.2 Å². The van der Waals surface area contributed by atoms with Gasteiger partial charge in [-0.2, -0.15) is 0 Å². The highest BCUT2D eigenvalue weighted by molar-refractivity contribution is 5.87. The van der Waals surface area contributed by atoms with Gasteiger partial charge in [0.25, 0.3) is 0 Å². The average Bonchev–Trinajstić information content (AvgIpc) is 3.18. The molecule has 4 N–H and O–H groups in total. The van der Waals surface area contributed by atoms with E-state index in [0.29, 0.717) is 12.8 Å². The first kappa shape index (κ1) is 52.0. The molecule has 0 heterocycles. The summed E-state index contributed by atoms with van der Waals surface area (Å²) in [5.41, 5.74) is 0. The van der Waals surface area contributed by atoms with Gasteiger partial charge in [-0.05, 0) is 96.0 Å². The third kappa shape index (κ3) is 37.0. The van der Waals surface area contributed by atoms with Crippen LogP contribution in [0.3, 0.4) is 0 Å². The van der Waals surface area contributed by atoms with Crippen molar-refractivity contribution in [3.05, 3.63) is 85.1 Å². The molecule has 0 radical (unpaired) electrons. The molecular weight excluding hydrogens is 705 g/mol. The molecule has 56 heavy (non-hydrogen) atoms. The maximum atomic E-state index is 12.7. The van der Waals surface area contributed by atoms with Crippen LogP contribution >= 0.6 is 0 Å². The Kier molecular flexibility index (Phi) is 37.8. The number of ether oxygens (including phenoxy) is 1. The van der Waals surface area contributed by atoms with Gasteiger partial charge in [0.15, 0.2) is 0 Å². The lowest BCUT2D eigenvalue weighted by Gasteiger charge is -2.15. The Morgan fingerprint density at radius 3 is 1.66 bits per heavy atom. The molecule has 316 valence electrons. The Balaban J connectivity index is 4.35. The second-order valence-corrected chi connectivity index (χ2v) is 14.0. The maximum absolute atomic E-state index is 12.7. The molecule has 0 aromatic heterocycles. The highest BCUT2D eigenvalue weighted by Gasteiger charge is 2.18. The molecule has 9 heteroatoms. The number of aliphatic hydroxyl groups excluding tert-OH is 1. The van der Waals surface area contributed by atoms with Crippen molar-refractivity contribution in [3.63, 3.8) is 0 Å². The number of unbranched alkanes of at least 4 members (excludes halogenated alkanes) is 11. The zero-order chi connectivity index (χ0) is 41.2. The molecule has 2 atom stereocenters. The van der Waals surface area contributed by atoms with Crippen molar-refractivity contribution in [2.24, 2.45) is 0 Å². The van der Waals surface area contributed by atoms with Gasteiger partial charge < -0.3 is 25.6 Å². The number of carbonyl (C=O) groups is 4. The minimum Gasteiger partial charge on any atom is -0.480 e. The van der Waals surface area contributed by atoms with Crippen LogP contribution in [0.15, 0.2) is 85.1 Å². The van der Waals surface area contributed by atoms with Crippen molar-refractivity contribution in [3.8, 4) is 0 Å². The zero-order valence-corrected chi connectivity index (χ0v) is 34.9. The Morgan fingerprint density at radius 1 is 0.571 bits per heavy atom. The first-order valence-corrected chi connectivity index (χ1v) is 21.5. The number of hydrogen-bond donors (Lipinski definition) is 4. The fourth-order valence-corrected chi connectivity index (χ4v) is 5.57. The smallest absolute Gasteiger partial charge is 0.328 e. The molecule has 0 bridgehead atoms. The van der Waals surface area contributed by atoms with E-state index in [0.717, 1.165) is 96.3 Å². The van der Waals surface area contributed by atoms with E-state index in [-0.39, 0.29) is 30.9 Å². The van der Waals surface area contributed by atoms with Gasteiger partial charge in [0.1, 0.15) is 12.1 Å². The van der Waals surface area contributed by atoms with Gasteiger partial charge in [-0.1, -0.05) is 138 Å². The van der Waals surface area contributed by atoms with Crippen LogP contribution in [0.5, 0.6) is 0 Å². The van der Waals surface area contributed by atoms with Crippen LogP contribution < -0.4 is 10.6 Å². The Bertz CT molecular complexity index is 1210. The molecule has 0 rings (SSSR count). The summed E-state index contributed by atoms with van der Waals surface area (Å²) in [4.78, 5) is 47.5. The van der Waals surface area contributed by atoms with Gasteiger partial charge in [0.05, 0.1) is 13.2 Å². The SMILES string of the molecule is CC/C=C\C/C=C\C/C=C\C/C=C\C/C=C\C/C=C\CCCCC(=O)OC(/C=C\CCCCCCCC)CCCCCCC(=O)NCC(=O)NC(CO)C(=O)O. The summed E-state index contributed by atoms with van der Waals surface area (Å²) in [5, 5.41) is 22.5. The van der Waals surface area contributed by atoms with Crippen molar-refractivity contribution >= 4 is 23.8 Å². The average molecular weight is 781 g/mol. The molecule has 0 fully saturated rings. The van der Waals surface area contributed by atoms with Gasteiger partial charge in [0.2, 0.25) is 11.8 Å². The van der Waals surface area contributed by atoms with E-state index >= 15 is 0 Å². The number of carboxylic acids is 1. The monoisotopic (exact) mass is 781 g/mol. The molecule has 0 aliphatic heterocycles. The highest BCUT2D eigenvalue weighted by atomic mass is 16.5. The molecule has 0 aliphatic carbocycles. The second kappa shape index (κ2) is 40.7. The predicted octanol–water partition coefficient (Wildman–Crippen LogP) is 10.5. The maximum Gasteiger partial charge on any atom is 0.328 e. The first-order valence-electron chi connectivity index (χ1n) is 21.5. The van der Waals surface area contributed by atoms with Crippen LogP contribution in [-0.2, 0) is 23.9 Å². The van der Waals surface area contributed by atoms with Gasteiger partial charge in [-0.15, -0.1) is 0 Å². The lowest BCUT2D eigenvalue weighted by molar-refractivity contribution is -0.147. The van der Waals surface area contributed by atoms with E-state index in [1.807, 2.05) is 6.08 Å². The summed E-state index contributed by atoms with van der Waals surface area (Å²) in [7, 11) is 0. The van der Waals surface area contributed by atoms with E-state index < -0.39 is 24.5 Å². The van der Waals surface area contributed by atoms with Crippen LogP contribution in [0, 0.1) is 0 Å². The fraction of sp³-hybridized carbons (Fsp3) is 0.617. The summed E-state index contributed by atoms with van der Waals surface area (Å²) < 4.78 is 5.88. The topological polar surface area (TPSA) is 142 Å². The van der Waals surface area contributed by atoms with Crippen LogP contribution in [0.1, 0.15) is 162 Å². The molecule has 0 aromatic rings. The van der Waals surface area contributed by atoms with E-state index in [1.54, 1.807) is 0 Å².